The smallest absolute Gasteiger partial charge is 0.138 e. The van der Waals surface area contributed by atoms with Gasteiger partial charge in [-0.15, -0.1) is 0 Å². The van der Waals surface area contributed by atoms with E-state index in [4.69, 9.17) is 0 Å². The Hall–Kier alpha value is -2.68. The van der Waals surface area contributed by atoms with Gasteiger partial charge in [0.1, 0.15) is 5.78 Å². The molecular weight excluding hydrogens is 332 g/mol. The molecule has 3 heteroatoms. The molecule has 27 heavy (non-hydrogen) atoms. The molecule has 0 bridgehead atoms. The second kappa shape index (κ2) is 6.80. The zero-order chi connectivity index (χ0) is 18.2. The lowest BCUT2D eigenvalue weighted by atomic mass is 9.76. The molecular formula is C24H24N2O. The lowest BCUT2D eigenvalue weighted by Crippen LogP contribution is -2.23. The molecule has 5 rings (SSSR count). The summed E-state index contributed by atoms with van der Waals surface area (Å²) in [4.78, 5) is 17.4. The molecule has 0 amide bonds. The minimum Gasteiger partial charge on any atom is -0.323 e. The summed E-state index contributed by atoms with van der Waals surface area (Å²) >= 11 is 0. The molecule has 3 nitrogen and oxygen atoms in total. The first kappa shape index (κ1) is 16.5. The van der Waals surface area contributed by atoms with Gasteiger partial charge in [0.15, 0.2) is 0 Å². The van der Waals surface area contributed by atoms with Crippen molar-refractivity contribution in [1.82, 2.24) is 9.55 Å². The fourth-order valence-corrected chi connectivity index (χ4v) is 4.97. The van der Waals surface area contributed by atoms with Crippen molar-refractivity contribution in [3.63, 3.8) is 0 Å². The van der Waals surface area contributed by atoms with Crippen LogP contribution in [0, 0.1) is 5.92 Å². The van der Waals surface area contributed by atoms with Crippen molar-refractivity contribution in [2.24, 2.45) is 5.92 Å². The molecule has 1 saturated carbocycles. The highest BCUT2D eigenvalue weighted by molar-refractivity contribution is 5.83. The fraction of sp³-hybridized carbons (Fsp3) is 0.333. The SMILES string of the molecule is O=C(CC1c2ccccc2-c2cncn21)C1CCC(c2ccccc2)CC1. The first-order chi connectivity index (χ1) is 13.3. The van der Waals surface area contributed by atoms with Crippen LogP contribution in [0.5, 0.6) is 0 Å². The van der Waals surface area contributed by atoms with E-state index < -0.39 is 0 Å². The maximum absolute atomic E-state index is 13.1. The second-order valence-electron chi connectivity index (χ2n) is 7.92. The number of benzene rings is 2. The van der Waals surface area contributed by atoms with Crippen molar-refractivity contribution in [3.05, 3.63) is 78.2 Å². The Morgan fingerprint density at radius 3 is 2.52 bits per heavy atom. The number of hydrogen-bond donors (Lipinski definition) is 0. The topological polar surface area (TPSA) is 34.9 Å². The van der Waals surface area contributed by atoms with E-state index in [-0.39, 0.29) is 12.0 Å². The van der Waals surface area contributed by atoms with Gasteiger partial charge in [0.05, 0.1) is 24.3 Å². The average molecular weight is 356 g/mol. The summed E-state index contributed by atoms with van der Waals surface area (Å²) in [7, 11) is 0. The van der Waals surface area contributed by atoms with Gasteiger partial charge in [0, 0.05) is 17.9 Å². The van der Waals surface area contributed by atoms with Crippen molar-refractivity contribution < 1.29 is 4.79 Å². The Labute approximate surface area is 160 Å². The van der Waals surface area contributed by atoms with Gasteiger partial charge in [0.25, 0.3) is 0 Å². The van der Waals surface area contributed by atoms with E-state index in [1.807, 2.05) is 12.5 Å². The first-order valence-electron chi connectivity index (χ1n) is 10.00. The van der Waals surface area contributed by atoms with Crippen LogP contribution in [0.2, 0.25) is 0 Å². The molecule has 2 heterocycles. The maximum Gasteiger partial charge on any atom is 0.138 e. The largest absolute Gasteiger partial charge is 0.323 e. The predicted molar refractivity (Wildman–Crippen MR) is 107 cm³/mol. The molecule has 2 aromatic carbocycles. The van der Waals surface area contributed by atoms with E-state index in [1.54, 1.807) is 0 Å². The van der Waals surface area contributed by atoms with Crippen molar-refractivity contribution in [2.75, 3.05) is 0 Å². The van der Waals surface area contributed by atoms with Crippen molar-refractivity contribution in [3.8, 4) is 11.3 Å². The molecule has 136 valence electrons. The van der Waals surface area contributed by atoms with Crippen LogP contribution in [0.3, 0.4) is 0 Å². The first-order valence-corrected chi connectivity index (χ1v) is 10.00. The number of carbonyl (C=O) groups excluding carboxylic acids is 1. The highest BCUT2D eigenvalue weighted by atomic mass is 16.1. The number of fused-ring (bicyclic) bond motifs is 3. The van der Waals surface area contributed by atoms with Gasteiger partial charge in [0.2, 0.25) is 0 Å². The van der Waals surface area contributed by atoms with Gasteiger partial charge in [-0.25, -0.2) is 4.98 Å². The standard InChI is InChI=1S/C24H24N2O/c27-24(19-12-10-18(11-13-19)17-6-2-1-3-7-17)14-22-20-8-4-5-9-21(20)23-15-25-16-26(22)23/h1-9,15-16,18-19,22H,10-14H2. The minimum atomic E-state index is 0.109. The highest BCUT2D eigenvalue weighted by Gasteiger charge is 2.33. The van der Waals surface area contributed by atoms with Crippen LogP contribution in [0.15, 0.2) is 67.1 Å². The number of nitrogens with zero attached hydrogens (tertiary/aromatic N) is 2. The number of aromatic nitrogens is 2. The molecule has 1 aromatic heterocycles. The van der Waals surface area contributed by atoms with Gasteiger partial charge < -0.3 is 4.57 Å². The monoisotopic (exact) mass is 356 g/mol. The lowest BCUT2D eigenvalue weighted by molar-refractivity contribution is -0.124. The summed E-state index contributed by atoms with van der Waals surface area (Å²) in [6.45, 7) is 0. The number of imidazole rings is 1. The minimum absolute atomic E-state index is 0.109. The Morgan fingerprint density at radius 1 is 0.963 bits per heavy atom. The van der Waals surface area contributed by atoms with Crippen LogP contribution in [-0.4, -0.2) is 15.3 Å². The van der Waals surface area contributed by atoms with E-state index in [0.717, 1.165) is 31.4 Å². The average Bonchev–Trinajstić information content (AvgIpc) is 3.32. The number of carbonyl (C=O) groups is 1. The predicted octanol–water partition coefficient (Wildman–Crippen LogP) is 5.39. The molecule has 1 atom stereocenters. The number of rotatable bonds is 4. The van der Waals surface area contributed by atoms with Crippen LogP contribution in [-0.2, 0) is 4.79 Å². The molecule has 2 aliphatic rings. The zero-order valence-electron chi connectivity index (χ0n) is 15.4. The molecule has 0 N–H and O–H groups in total. The van der Waals surface area contributed by atoms with Gasteiger partial charge in [-0.05, 0) is 42.7 Å². The van der Waals surface area contributed by atoms with Gasteiger partial charge in [-0.1, -0.05) is 54.6 Å². The summed E-state index contributed by atoms with van der Waals surface area (Å²) < 4.78 is 2.18. The van der Waals surface area contributed by atoms with Gasteiger partial charge >= 0.3 is 0 Å². The summed E-state index contributed by atoms with van der Waals surface area (Å²) in [5.74, 6) is 1.25. The Balaban J connectivity index is 1.28. The van der Waals surface area contributed by atoms with Gasteiger partial charge in [-0.3, -0.25) is 4.79 Å². The van der Waals surface area contributed by atoms with Crippen LogP contribution in [0.4, 0.5) is 0 Å². The summed E-state index contributed by atoms with van der Waals surface area (Å²) in [6.07, 6.45) is 8.65. The Morgan fingerprint density at radius 2 is 1.70 bits per heavy atom. The van der Waals surface area contributed by atoms with E-state index in [0.29, 0.717) is 18.1 Å². The summed E-state index contributed by atoms with van der Waals surface area (Å²) in [6, 6.07) is 19.3. The number of hydrogen-bond acceptors (Lipinski definition) is 2. The molecule has 3 aromatic rings. The maximum atomic E-state index is 13.1. The normalized spacial score (nSPS) is 23.6. The van der Waals surface area contributed by atoms with E-state index in [9.17, 15) is 4.79 Å². The van der Waals surface area contributed by atoms with Crippen LogP contribution < -0.4 is 0 Å². The highest BCUT2D eigenvalue weighted by Crippen LogP contribution is 2.42. The fourth-order valence-electron chi connectivity index (χ4n) is 4.97. The summed E-state index contributed by atoms with van der Waals surface area (Å²) in [5.41, 5.74) is 5.05. The van der Waals surface area contributed by atoms with E-state index >= 15 is 0 Å². The molecule has 0 spiro atoms. The molecule has 1 aliphatic heterocycles. The Kier molecular flexibility index (Phi) is 4.16. The summed E-state index contributed by atoms with van der Waals surface area (Å²) in [5, 5.41) is 0. The van der Waals surface area contributed by atoms with Crippen LogP contribution in [0.25, 0.3) is 11.3 Å². The molecule has 0 radical (unpaired) electrons. The second-order valence-corrected chi connectivity index (χ2v) is 7.92. The van der Waals surface area contributed by atoms with Crippen LogP contribution >= 0.6 is 0 Å². The number of ketones is 1. The van der Waals surface area contributed by atoms with E-state index in [2.05, 4.69) is 64.1 Å². The van der Waals surface area contributed by atoms with Gasteiger partial charge in [-0.2, -0.15) is 0 Å². The van der Waals surface area contributed by atoms with Crippen molar-refractivity contribution >= 4 is 5.78 Å². The molecule has 0 saturated heterocycles. The third-order valence-electron chi connectivity index (χ3n) is 6.45. The lowest BCUT2D eigenvalue weighted by Gasteiger charge is -2.29. The van der Waals surface area contributed by atoms with Crippen molar-refractivity contribution in [2.45, 2.75) is 44.1 Å². The zero-order valence-corrected chi connectivity index (χ0v) is 15.4. The third kappa shape index (κ3) is 2.91. The molecule has 1 unspecified atom stereocenters. The third-order valence-corrected chi connectivity index (χ3v) is 6.45. The molecule has 1 aliphatic carbocycles. The number of Topliss-reactive ketones (excluding diaryl/α,β-unsaturated/α-hetero) is 1. The van der Waals surface area contributed by atoms with E-state index in [1.165, 1.54) is 16.7 Å². The van der Waals surface area contributed by atoms with Crippen molar-refractivity contribution in [1.29, 1.82) is 0 Å². The molecule has 1 fully saturated rings. The van der Waals surface area contributed by atoms with Crippen LogP contribution in [0.1, 0.15) is 55.2 Å². The quantitative estimate of drug-likeness (QED) is 0.628. The Bertz CT molecular complexity index is 951.